The van der Waals surface area contributed by atoms with Crippen molar-refractivity contribution in [1.82, 2.24) is 9.78 Å². The number of aromatic nitrogens is 2. The van der Waals surface area contributed by atoms with E-state index in [1.807, 2.05) is 26.1 Å². The molecule has 2 rings (SSSR count). The number of rotatable bonds is 3. The van der Waals surface area contributed by atoms with Crippen molar-refractivity contribution in [3.63, 3.8) is 0 Å². The van der Waals surface area contributed by atoms with Gasteiger partial charge in [0.15, 0.2) is 5.75 Å². The Labute approximate surface area is 115 Å². The standard InChI is InChI=1S/C13H16BrN3O/c1-8-6-9(4-5-10(8)14)12(15)13-11(18-3)7-16-17(13)2/h4-7,12H,15H2,1-3H3. The summed E-state index contributed by atoms with van der Waals surface area (Å²) in [6.45, 7) is 2.04. The second kappa shape index (κ2) is 5.12. The zero-order valence-electron chi connectivity index (χ0n) is 10.6. The molecule has 2 aromatic rings. The minimum absolute atomic E-state index is 0.251. The lowest BCUT2D eigenvalue weighted by Gasteiger charge is -2.15. The van der Waals surface area contributed by atoms with Crippen LogP contribution in [-0.4, -0.2) is 16.9 Å². The highest BCUT2D eigenvalue weighted by Gasteiger charge is 2.19. The Kier molecular flexibility index (Phi) is 3.73. The molecule has 1 unspecified atom stereocenters. The minimum atomic E-state index is -0.251. The van der Waals surface area contributed by atoms with Crippen LogP contribution in [0.5, 0.6) is 5.75 Å². The van der Waals surface area contributed by atoms with Crippen molar-refractivity contribution in [1.29, 1.82) is 0 Å². The van der Waals surface area contributed by atoms with E-state index in [-0.39, 0.29) is 6.04 Å². The van der Waals surface area contributed by atoms with E-state index in [2.05, 4.69) is 27.1 Å². The van der Waals surface area contributed by atoms with E-state index in [0.717, 1.165) is 21.3 Å². The Morgan fingerprint density at radius 2 is 2.17 bits per heavy atom. The van der Waals surface area contributed by atoms with Crippen molar-refractivity contribution in [3.8, 4) is 5.75 Å². The number of hydrogen-bond donors (Lipinski definition) is 1. The van der Waals surface area contributed by atoms with E-state index in [9.17, 15) is 0 Å². The van der Waals surface area contributed by atoms with Gasteiger partial charge in [0, 0.05) is 11.5 Å². The summed E-state index contributed by atoms with van der Waals surface area (Å²) in [7, 11) is 3.49. The molecule has 0 radical (unpaired) electrons. The van der Waals surface area contributed by atoms with Crippen LogP contribution in [0.25, 0.3) is 0 Å². The molecule has 0 saturated carbocycles. The number of nitrogens with two attached hydrogens (primary N) is 1. The molecule has 0 amide bonds. The van der Waals surface area contributed by atoms with Gasteiger partial charge < -0.3 is 10.5 Å². The lowest BCUT2D eigenvalue weighted by Crippen LogP contribution is -2.17. The van der Waals surface area contributed by atoms with Gasteiger partial charge in [-0.3, -0.25) is 4.68 Å². The third-order valence-electron chi connectivity index (χ3n) is 3.00. The highest BCUT2D eigenvalue weighted by molar-refractivity contribution is 9.10. The topological polar surface area (TPSA) is 53.1 Å². The molecule has 96 valence electrons. The summed E-state index contributed by atoms with van der Waals surface area (Å²) in [5, 5.41) is 4.18. The van der Waals surface area contributed by atoms with E-state index >= 15 is 0 Å². The number of benzene rings is 1. The van der Waals surface area contributed by atoms with Gasteiger partial charge in [-0.05, 0) is 24.1 Å². The van der Waals surface area contributed by atoms with Gasteiger partial charge in [0.1, 0.15) is 5.69 Å². The number of ether oxygens (including phenoxy) is 1. The van der Waals surface area contributed by atoms with E-state index in [4.69, 9.17) is 10.5 Å². The van der Waals surface area contributed by atoms with E-state index in [1.165, 1.54) is 0 Å². The third-order valence-corrected chi connectivity index (χ3v) is 3.89. The summed E-state index contributed by atoms with van der Waals surface area (Å²) >= 11 is 3.49. The van der Waals surface area contributed by atoms with Crippen LogP contribution in [0.2, 0.25) is 0 Å². The minimum Gasteiger partial charge on any atom is -0.493 e. The van der Waals surface area contributed by atoms with E-state index in [1.54, 1.807) is 18.0 Å². The Balaban J connectivity index is 2.44. The van der Waals surface area contributed by atoms with Gasteiger partial charge in [0.25, 0.3) is 0 Å². The SMILES string of the molecule is COc1cnn(C)c1C(N)c1ccc(Br)c(C)c1. The zero-order chi connectivity index (χ0) is 13.3. The summed E-state index contributed by atoms with van der Waals surface area (Å²) in [4.78, 5) is 0. The quantitative estimate of drug-likeness (QED) is 0.948. The molecule has 4 nitrogen and oxygen atoms in total. The first-order chi connectivity index (χ1) is 8.54. The molecule has 18 heavy (non-hydrogen) atoms. The van der Waals surface area contributed by atoms with Crippen LogP contribution in [0, 0.1) is 6.92 Å². The summed E-state index contributed by atoms with van der Waals surface area (Å²) in [6, 6.07) is 5.84. The number of hydrogen-bond acceptors (Lipinski definition) is 3. The van der Waals surface area contributed by atoms with Gasteiger partial charge in [-0.2, -0.15) is 5.10 Å². The summed E-state index contributed by atoms with van der Waals surface area (Å²) in [6.07, 6.45) is 1.68. The van der Waals surface area contributed by atoms with Crippen molar-refractivity contribution in [2.45, 2.75) is 13.0 Å². The molecule has 1 atom stereocenters. The van der Waals surface area contributed by atoms with Crippen molar-refractivity contribution < 1.29 is 4.74 Å². The monoisotopic (exact) mass is 309 g/mol. The van der Waals surface area contributed by atoms with Gasteiger partial charge in [-0.15, -0.1) is 0 Å². The Morgan fingerprint density at radius 3 is 2.78 bits per heavy atom. The fraction of sp³-hybridized carbons (Fsp3) is 0.308. The first-order valence-corrected chi connectivity index (χ1v) is 6.41. The number of nitrogens with zero attached hydrogens (tertiary/aromatic N) is 2. The molecule has 1 aromatic carbocycles. The summed E-state index contributed by atoms with van der Waals surface area (Å²) in [5.74, 6) is 0.713. The molecule has 0 fully saturated rings. The average molecular weight is 310 g/mol. The molecule has 1 aromatic heterocycles. The molecule has 5 heteroatoms. The zero-order valence-corrected chi connectivity index (χ0v) is 12.2. The van der Waals surface area contributed by atoms with Gasteiger partial charge in [-0.25, -0.2) is 0 Å². The second-order valence-electron chi connectivity index (χ2n) is 4.21. The maximum Gasteiger partial charge on any atom is 0.161 e. The van der Waals surface area contributed by atoms with Gasteiger partial charge in [0.05, 0.1) is 19.3 Å². The fourth-order valence-electron chi connectivity index (χ4n) is 1.96. The number of halogens is 1. The maximum absolute atomic E-state index is 6.30. The highest BCUT2D eigenvalue weighted by Crippen LogP contribution is 2.29. The molecule has 0 spiro atoms. The highest BCUT2D eigenvalue weighted by atomic mass is 79.9. The Bertz CT molecular complexity index is 565. The fourth-order valence-corrected chi connectivity index (χ4v) is 2.20. The Hall–Kier alpha value is -1.33. The number of aryl methyl sites for hydroxylation is 2. The van der Waals surface area contributed by atoms with Crippen molar-refractivity contribution >= 4 is 15.9 Å². The summed E-state index contributed by atoms with van der Waals surface area (Å²) < 4.78 is 8.12. The van der Waals surface area contributed by atoms with Crippen molar-refractivity contribution in [3.05, 3.63) is 45.7 Å². The van der Waals surface area contributed by atoms with Gasteiger partial charge >= 0.3 is 0 Å². The van der Waals surface area contributed by atoms with Crippen LogP contribution in [0.3, 0.4) is 0 Å². The molecule has 1 heterocycles. The predicted molar refractivity (Wildman–Crippen MR) is 74.7 cm³/mol. The third kappa shape index (κ3) is 2.28. The van der Waals surface area contributed by atoms with Crippen LogP contribution in [0.1, 0.15) is 22.9 Å². The number of methoxy groups -OCH3 is 1. The predicted octanol–water partition coefficient (Wildman–Crippen LogP) is 2.55. The molecule has 0 aliphatic heterocycles. The van der Waals surface area contributed by atoms with Crippen molar-refractivity contribution in [2.75, 3.05) is 7.11 Å². The van der Waals surface area contributed by atoms with Crippen LogP contribution in [0.15, 0.2) is 28.9 Å². The van der Waals surface area contributed by atoms with Crippen LogP contribution < -0.4 is 10.5 Å². The first kappa shape index (κ1) is 13.1. The largest absolute Gasteiger partial charge is 0.493 e. The normalized spacial score (nSPS) is 12.5. The average Bonchev–Trinajstić information content (AvgIpc) is 2.73. The smallest absolute Gasteiger partial charge is 0.161 e. The lowest BCUT2D eigenvalue weighted by atomic mass is 10.0. The van der Waals surface area contributed by atoms with E-state index < -0.39 is 0 Å². The maximum atomic E-state index is 6.30. The van der Waals surface area contributed by atoms with Crippen LogP contribution >= 0.6 is 15.9 Å². The van der Waals surface area contributed by atoms with Crippen molar-refractivity contribution in [2.24, 2.45) is 12.8 Å². The molecule has 0 saturated heterocycles. The summed E-state index contributed by atoms with van der Waals surface area (Å²) in [5.41, 5.74) is 9.37. The first-order valence-electron chi connectivity index (χ1n) is 5.62. The molecule has 0 bridgehead atoms. The van der Waals surface area contributed by atoms with Gasteiger partial charge in [-0.1, -0.05) is 28.1 Å². The van der Waals surface area contributed by atoms with Gasteiger partial charge in [0.2, 0.25) is 0 Å². The van der Waals surface area contributed by atoms with Crippen LogP contribution in [0.4, 0.5) is 0 Å². The molecule has 2 N–H and O–H groups in total. The molecule has 0 aliphatic carbocycles. The second-order valence-corrected chi connectivity index (χ2v) is 5.06. The molecular formula is C13H16BrN3O. The molecule has 0 aliphatic rings. The molecular weight excluding hydrogens is 294 g/mol. The van der Waals surface area contributed by atoms with E-state index in [0.29, 0.717) is 5.75 Å². The van der Waals surface area contributed by atoms with Crippen LogP contribution in [-0.2, 0) is 7.05 Å². The lowest BCUT2D eigenvalue weighted by molar-refractivity contribution is 0.406. The Morgan fingerprint density at radius 1 is 1.44 bits per heavy atom.